The van der Waals surface area contributed by atoms with Crippen LogP contribution in [0.1, 0.15) is 19.6 Å². The standard InChI is InChI=1S/C13H12ClNO3/c1-13(2,12(16)17)10-7-15-11(18-10)8-3-5-9(14)6-4-8/h3-7H,1-2H3,(H,16,17). The SMILES string of the molecule is CC(C)(C(=O)O)c1cnc(-c2ccc(Cl)cc2)o1. The lowest BCUT2D eigenvalue weighted by molar-refractivity contribution is -0.143. The summed E-state index contributed by atoms with van der Waals surface area (Å²) in [6.07, 6.45) is 1.44. The van der Waals surface area contributed by atoms with E-state index in [2.05, 4.69) is 4.98 Å². The van der Waals surface area contributed by atoms with Crippen LogP contribution in [-0.4, -0.2) is 16.1 Å². The fraction of sp³-hybridized carbons (Fsp3) is 0.231. The average molecular weight is 266 g/mol. The molecule has 0 aliphatic rings. The van der Waals surface area contributed by atoms with Gasteiger partial charge in [0.1, 0.15) is 11.2 Å². The summed E-state index contributed by atoms with van der Waals surface area (Å²) >= 11 is 5.79. The molecule has 0 bridgehead atoms. The smallest absolute Gasteiger partial charge is 0.316 e. The molecule has 0 aliphatic carbocycles. The van der Waals surface area contributed by atoms with E-state index in [0.717, 1.165) is 5.56 Å². The number of carbonyl (C=O) groups is 1. The van der Waals surface area contributed by atoms with Crippen LogP contribution in [0.2, 0.25) is 5.02 Å². The van der Waals surface area contributed by atoms with Gasteiger partial charge in [-0.25, -0.2) is 4.98 Å². The van der Waals surface area contributed by atoms with Crippen molar-refractivity contribution in [2.75, 3.05) is 0 Å². The highest BCUT2D eigenvalue weighted by atomic mass is 35.5. The van der Waals surface area contributed by atoms with Gasteiger partial charge in [0.2, 0.25) is 5.89 Å². The summed E-state index contributed by atoms with van der Waals surface area (Å²) in [4.78, 5) is 15.2. The van der Waals surface area contributed by atoms with Crippen LogP contribution in [0.5, 0.6) is 0 Å². The summed E-state index contributed by atoms with van der Waals surface area (Å²) in [7, 11) is 0. The minimum absolute atomic E-state index is 0.319. The molecule has 2 rings (SSSR count). The van der Waals surface area contributed by atoms with E-state index in [4.69, 9.17) is 21.1 Å². The number of carboxylic acid groups (broad SMARTS) is 1. The molecule has 0 fully saturated rings. The predicted molar refractivity (Wildman–Crippen MR) is 67.6 cm³/mol. The Kier molecular flexibility index (Phi) is 3.13. The van der Waals surface area contributed by atoms with Crippen molar-refractivity contribution in [3.05, 3.63) is 41.2 Å². The predicted octanol–water partition coefficient (Wildman–Crippen LogP) is 3.36. The van der Waals surface area contributed by atoms with Crippen LogP contribution in [0.15, 0.2) is 34.9 Å². The van der Waals surface area contributed by atoms with E-state index in [0.29, 0.717) is 16.7 Å². The van der Waals surface area contributed by atoms with Crippen LogP contribution < -0.4 is 0 Å². The van der Waals surface area contributed by atoms with Gasteiger partial charge in [0.05, 0.1) is 6.20 Å². The summed E-state index contributed by atoms with van der Waals surface area (Å²) in [5.41, 5.74) is -0.343. The van der Waals surface area contributed by atoms with Crippen molar-refractivity contribution in [2.45, 2.75) is 19.3 Å². The number of aromatic nitrogens is 1. The first kappa shape index (κ1) is 12.6. The fourth-order valence-corrected chi connectivity index (χ4v) is 1.52. The number of halogens is 1. The second-order valence-corrected chi connectivity index (χ2v) is 4.90. The van der Waals surface area contributed by atoms with Crippen LogP contribution >= 0.6 is 11.6 Å². The number of rotatable bonds is 3. The van der Waals surface area contributed by atoms with Gasteiger partial charge in [-0.2, -0.15) is 0 Å². The van der Waals surface area contributed by atoms with Crippen LogP contribution in [0.3, 0.4) is 0 Å². The molecule has 4 nitrogen and oxygen atoms in total. The molecular weight excluding hydrogens is 254 g/mol. The molecule has 0 amide bonds. The maximum absolute atomic E-state index is 11.1. The second-order valence-electron chi connectivity index (χ2n) is 4.47. The molecule has 0 atom stereocenters. The molecule has 18 heavy (non-hydrogen) atoms. The van der Waals surface area contributed by atoms with E-state index < -0.39 is 11.4 Å². The summed E-state index contributed by atoms with van der Waals surface area (Å²) in [5, 5.41) is 9.73. The van der Waals surface area contributed by atoms with E-state index in [9.17, 15) is 4.79 Å². The van der Waals surface area contributed by atoms with Gasteiger partial charge in [-0.05, 0) is 38.1 Å². The highest BCUT2D eigenvalue weighted by Crippen LogP contribution is 2.28. The molecule has 0 spiro atoms. The van der Waals surface area contributed by atoms with E-state index in [1.165, 1.54) is 6.20 Å². The van der Waals surface area contributed by atoms with Crippen LogP contribution in [-0.2, 0) is 10.2 Å². The number of hydrogen-bond acceptors (Lipinski definition) is 3. The van der Waals surface area contributed by atoms with Gasteiger partial charge in [-0.15, -0.1) is 0 Å². The largest absolute Gasteiger partial charge is 0.481 e. The zero-order chi connectivity index (χ0) is 13.3. The molecule has 0 saturated carbocycles. The summed E-state index contributed by atoms with van der Waals surface area (Å²) < 4.78 is 5.50. The third-order valence-electron chi connectivity index (χ3n) is 2.75. The molecule has 2 aromatic rings. The number of nitrogens with zero attached hydrogens (tertiary/aromatic N) is 1. The van der Waals surface area contributed by atoms with Crippen molar-refractivity contribution in [1.82, 2.24) is 4.98 Å². The van der Waals surface area contributed by atoms with E-state index >= 15 is 0 Å². The van der Waals surface area contributed by atoms with Crippen molar-refractivity contribution in [2.24, 2.45) is 0 Å². The summed E-state index contributed by atoms with van der Waals surface area (Å²) in [5.74, 6) is -0.253. The van der Waals surface area contributed by atoms with E-state index in [1.54, 1.807) is 38.1 Å². The molecule has 5 heteroatoms. The zero-order valence-corrected chi connectivity index (χ0v) is 10.7. The Morgan fingerprint density at radius 3 is 2.50 bits per heavy atom. The Labute approximate surface area is 109 Å². The lowest BCUT2D eigenvalue weighted by Crippen LogP contribution is -2.27. The van der Waals surface area contributed by atoms with Crippen LogP contribution in [0, 0.1) is 0 Å². The first-order chi connectivity index (χ1) is 8.41. The fourth-order valence-electron chi connectivity index (χ4n) is 1.39. The molecular formula is C13H12ClNO3. The van der Waals surface area contributed by atoms with Gasteiger partial charge < -0.3 is 9.52 Å². The van der Waals surface area contributed by atoms with Gasteiger partial charge in [0.15, 0.2) is 0 Å². The molecule has 94 valence electrons. The highest BCUT2D eigenvalue weighted by Gasteiger charge is 2.33. The number of benzene rings is 1. The van der Waals surface area contributed by atoms with Gasteiger partial charge in [-0.3, -0.25) is 4.79 Å². The zero-order valence-electron chi connectivity index (χ0n) is 9.98. The average Bonchev–Trinajstić information content (AvgIpc) is 2.79. The van der Waals surface area contributed by atoms with Gasteiger partial charge in [-0.1, -0.05) is 11.6 Å². The number of hydrogen-bond donors (Lipinski definition) is 1. The maximum atomic E-state index is 11.1. The van der Waals surface area contributed by atoms with Gasteiger partial charge in [0.25, 0.3) is 0 Å². The number of oxazole rings is 1. The van der Waals surface area contributed by atoms with Gasteiger partial charge in [0, 0.05) is 10.6 Å². The third-order valence-corrected chi connectivity index (χ3v) is 3.00. The third kappa shape index (κ3) is 2.24. The number of carboxylic acids is 1. The summed E-state index contributed by atoms with van der Waals surface area (Å²) in [6.45, 7) is 3.14. The van der Waals surface area contributed by atoms with Crippen LogP contribution in [0.4, 0.5) is 0 Å². The van der Waals surface area contributed by atoms with E-state index in [1.807, 2.05) is 0 Å². The van der Waals surface area contributed by atoms with Crippen molar-refractivity contribution < 1.29 is 14.3 Å². The Morgan fingerprint density at radius 1 is 1.33 bits per heavy atom. The Balaban J connectivity index is 2.37. The van der Waals surface area contributed by atoms with Crippen molar-refractivity contribution in [1.29, 1.82) is 0 Å². The Bertz CT molecular complexity index is 572. The number of aliphatic carboxylic acids is 1. The minimum Gasteiger partial charge on any atom is -0.481 e. The molecule has 0 unspecified atom stereocenters. The lowest BCUT2D eigenvalue weighted by atomic mass is 9.91. The molecule has 1 N–H and O–H groups in total. The molecule has 1 heterocycles. The molecule has 0 aliphatic heterocycles. The molecule has 1 aromatic carbocycles. The first-order valence-corrected chi connectivity index (χ1v) is 5.74. The quantitative estimate of drug-likeness (QED) is 0.924. The Morgan fingerprint density at radius 2 is 1.94 bits per heavy atom. The van der Waals surface area contributed by atoms with E-state index in [-0.39, 0.29) is 0 Å². The van der Waals surface area contributed by atoms with Crippen molar-refractivity contribution in [3.63, 3.8) is 0 Å². The topological polar surface area (TPSA) is 63.3 Å². The summed E-state index contributed by atoms with van der Waals surface area (Å²) in [6, 6.07) is 6.99. The molecule has 0 radical (unpaired) electrons. The first-order valence-electron chi connectivity index (χ1n) is 5.37. The second kappa shape index (κ2) is 4.46. The Hall–Kier alpha value is -1.81. The monoisotopic (exact) mass is 265 g/mol. The minimum atomic E-state index is -1.10. The maximum Gasteiger partial charge on any atom is 0.316 e. The van der Waals surface area contributed by atoms with Gasteiger partial charge >= 0.3 is 5.97 Å². The highest BCUT2D eigenvalue weighted by molar-refractivity contribution is 6.30. The van der Waals surface area contributed by atoms with Crippen molar-refractivity contribution in [3.8, 4) is 11.5 Å². The molecule has 1 aromatic heterocycles. The normalized spacial score (nSPS) is 11.5. The lowest BCUT2D eigenvalue weighted by Gasteiger charge is -2.14. The van der Waals surface area contributed by atoms with Crippen molar-refractivity contribution >= 4 is 17.6 Å². The van der Waals surface area contributed by atoms with Crippen LogP contribution in [0.25, 0.3) is 11.5 Å². The molecule has 0 saturated heterocycles.